The van der Waals surface area contributed by atoms with Gasteiger partial charge in [0.15, 0.2) is 5.92 Å². The highest BCUT2D eigenvalue weighted by Crippen LogP contribution is 2.23. The molecule has 0 saturated carbocycles. The molecule has 27 heavy (non-hydrogen) atoms. The van der Waals surface area contributed by atoms with E-state index in [1.54, 1.807) is 24.3 Å². The summed E-state index contributed by atoms with van der Waals surface area (Å²) in [7, 11) is 1.53. The zero-order valence-corrected chi connectivity index (χ0v) is 15.2. The first-order valence-electron chi connectivity index (χ1n) is 8.86. The minimum absolute atomic E-state index is 0.366. The van der Waals surface area contributed by atoms with Crippen molar-refractivity contribution in [2.45, 2.75) is 0 Å². The number of amides is 4. The van der Waals surface area contributed by atoms with Crippen molar-refractivity contribution >= 4 is 29.7 Å². The molecule has 0 spiro atoms. The van der Waals surface area contributed by atoms with Gasteiger partial charge in [-0.1, -0.05) is 0 Å². The number of aliphatic imine (C=N–C) groups is 1. The van der Waals surface area contributed by atoms with E-state index in [1.807, 2.05) is 0 Å². The lowest BCUT2D eigenvalue weighted by Gasteiger charge is -2.28. The summed E-state index contributed by atoms with van der Waals surface area (Å²) in [5.74, 6) is -1.78. The van der Waals surface area contributed by atoms with Crippen molar-refractivity contribution < 1.29 is 19.1 Å². The molecule has 2 aliphatic heterocycles. The fraction of sp³-hybridized carbons (Fsp3) is 0.444. The Morgan fingerprint density at radius 2 is 1.89 bits per heavy atom. The van der Waals surface area contributed by atoms with Gasteiger partial charge in [-0.25, -0.2) is 9.69 Å². The van der Waals surface area contributed by atoms with Crippen LogP contribution in [0, 0.1) is 5.92 Å². The van der Waals surface area contributed by atoms with E-state index in [2.05, 4.69) is 20.5 Å². The number of urea groups is 1. The normalized spacial score (nSPS) is 21.6. The largest absolute Gasteiger partial charge is 0.497 e. The molecule has 9 nitrogen and oxygen atoms in total. The Morgan fingerprint density at radius 1 is 1.19 bits per heavy atom. The Bertz CT molecular complexity index is 728. The molecule has 2 aliphatic rings. The Kier molecular flexibility index (Phi) is 6.15. The van der Waals surface area contributed by atoms with Crippen LogP contribution in [0.3, 0.4) is 0 Å². The van der Waals surface area contributed by atoms with Gasteiger partial charge in [-0.05, 0) is 24.3 Å². The summed E-state index contributed by atoms with van der Waals surface area (Å²) in [5, 5.41) is 5.49. The maximum absolute atomic E-state index is 12.7. The summed E-state index contributed by atoms with van der Waals surface area (Å²) >= 11 is 0. The van der Waals surface area contributed by atoms with Gasteiger partial charge in [-0.3, -0.25) is 24.8 Å². The smallest absolute Gasteiger partial charge is 0.335 e. The molecule has 2 heterocycles. The minimum Gasteiger partial charge on any atom is -0.497 e. The number of benzene rings is 1. The molecule has 1 aromatic carbocycles. The molecule has 0 unspecified atom stereocenters. The molecule has 0 aromatic heterocycles. The summed E-state index contributed by atoms with van der Waals surface area (Å²) in [4.78, 5) is 44.4. The molecule has 1 aromatic rings. The molecule has 0 radical (unpaired) electrons. The first kappa shape index (κ1) is 19.0. The minimum atomic E-state index is -1.12. The molecule has 4 amide bonds. The first-order chi connectivity index (χ1) is 13.1. The average molecular weight is 373 g/mol. The van der Waals surface area contributed by atoms with Crippen molar-refractivity contribution in [2.75, 3.05) is 51.3 Å². The van der Waals surface area contributed by atoms with Gasteiger partial charge >= 0.3 is 6.03 Å². The quantitative estimate of drug-likeness (QED) is 0.532. The molecule has 0 aliphatic carbocycles. The van der Waals surface area contributed by atoms with Crippen LogP contribution in [0.2, 0.25) is 0 Å². The third-order valence-electron chi connectivity index (χ3n) is 4.54. The van der Waals surface area contributed by atoms with Gasteiger partial charge in [0.2, 0.25) is 5.91 Å². The maximum Gasteiger partial charge on any atom is 0.335 e. The molecular formula is C18H23N5O4. The number of hydrogen-bond donors (Lipinski definition) is 2. The number of rotatable bonds is 6. The highest BCUT2D eigenvalue weighted by atomic mass is 16.5. The number of piperazine rings is 1. The zero-order chi connectivity index (χ0) is 19.2. The molecule has 2 fully saturated rings. The Hall–Kier alpha value is -2.78. The van der Waals surface area contributed by atoms with E-state index in [1.165, 1.54) is 13.3 Å². The van der Waals surface area contributed by atoms with Gasteiger partial charge < -0.3 is 10.1 Å². The van der Waals surface area contributed by atoms with Gasteiger partial charge in [0.05, 0.1) is 19.3 Å². The van der Waals surface area contributed by atoms with Crippen molar-refractivity contribution in [1.82, 2.24) is 15.5 Å². The molecule has 3 rings (SSSR count). The molecule has 1 atom stereocenters. The number of hydrogen-bond acceptors (Lipinski definition) is 7. The van der Waals surface area contributed by atoms with E-state index in [4.69, 9.17) is 4.74 Å². The lowest BCUT2D eigenvalue weighted by Crippen LogP contribution is -2.58. The second-order valence-corrected chi connectivity index (χ2v) is 6.29. The summed E-state index contributed by atoms with van der Waals surface area (Å²) < 4.78 is 5.08. The molecule has 9 heteroatoms. The summed E-state index contributed by atoms with van der Waals surface area (Å²) in [6, 6.07) is 5.70. The number of ether oxygens (including phenoxy) is 1. The van der Waals surface area contributed by atoms with Crippen LogP contribution in [0.5, 0.6) is 5.75 Å². The fourth-order valence-corrected chi connectivity index (χ4v) is 3.01. The first-order valence-corrected chi connectivity index (χ1v) is 8.86. The third kappa shape index (κ3) is 4.50. The van der Waals surface area contributed by atoms with E-state index >= 15 is 0 Å². The van der Waals surface area contributed by atoms with E-state index in [9.17, 15) is 14.4 Å². The Labute approximate surface area is 157 Å². The number of barbiturate groups is 1. The van der Waals surface area contributed by atoms with Crippen LogP contribution in [0.15, 0.2) is 29.3 Å². The second-order valence-electron chi connectivity index (χ2n) is 6.29. The lowest BCUT2D eigenvalue weighted by atomic mass is 10.1. The highest BCUT2D eigenvalue weighted by Gasteiger charge is 2.40. The van der Waals surface area contributed by atoms with Crippen molar-refractivity contribution in [1.29, 1.82) is 0 Å². The number of imide groups is 2. The standard InChI is InChI=1S/C18H23N5O4/c1-27-14-4-2-13(3-5-14)23-17(25)15(16(24)21-18(23)26)12-20-8-11-22-9-6-19-7-10-22/h2-5,12,15,19H,6-11H2,1H3,(H,21,24,26)/t15-/m0/s1. The van der Waals surface area contributed by atoms with Crippen LogP contribution < -0.4 is 20.3 Å². The van der Waals surface area contributed by atoms with Gasteiger partial charge in [-0.15, -0.1) is 0 Å². The van der Waals surface area contributed by atoms with Crippen LogP contribution in [0.4, 0.5) is 10.5 Å². The summed E-state index contributed by atoms with van der Waals surface area (Å²) in [5.41, 5.74) is 0.366. The average Bonchev–Trinajstić information content (AvgIpc) is 2.68. The number of carbonyl (C=O) groups excluding carboxylic acids is 3. The van der Waals surface area contributed by atoms with Crippen molar-refractivity contribution in [3.63, 3.8) is 0 Å². The number of nitrogens with zero attached hydrogens (tertiary/aromatic N) is 3. The summed E-state index contributed by atoms with van der Waals surface area (Å²) in [6.07, 6.45) is 1.34. The molecule has 0 bridgehead atoms. The van der Waals surface area contributed by atoms with E-state index in [0.29, 0.717) is 18.0 Å². The topological polar surface area (TPSA) is 103 Å². The highest BCUT2D eigenvalue weighted by molar-refractivity contribution is 6.32. The predicted octanol–water partition coefficient (Wildman–Crippen LogP) is -0.130. The third-order valence-corrected chi connectivity index (χ3v) is 4.54. The van der Waals surface area contributed by atoms with Crippen LogP contribution in [-0.2, 0) is 9.59 Å². The van der Waals surface area contributed by atoms with Crippen LogP contribution in [-0.4, -0.2) is 75.3 Å². The predicted molar refractivity (Wildman–Crippen MR) is 100 cm³/mol. The molecule has 2 N–H and O–H groups in total. The van der Waals surface area contributed by atoms with Crippen molar-refractivity contribution in [3.8, 4) is 5.75 Å². The second kappa shape index (κ2) is 8.74. The molecular weight excluding hydrogens is 350 g/mol. The molecule has 144 valence electrons. The van der Waals surface area contributed by atoms with E-state index in [-0.39, 0.29) is 0 Å². The van der Waals surface area contributed by atoms with Gasteiger partial charge in [-0.2, -0.15) is 0 Å². The van der Waals surface area contributed by atoms with Crippen LogP contribution >= 0.6 is 0 Å². The van der Waals surface area contributed by atoms with Gasteiger partial charge in [0.25, 0.3) is 5.91 Å². The summed E-state index contributed by atoms with van der Waals surface area (Å²) in [6.45, 7) is 5.07. The fourth-order valence-electron chi connectivity index (χ4n) is 3.01. The number of carbonyl (C=O) groups is 3. The Morgan fingerprint density at radius 3 is 2.56 bits per heavy atom. The van der Waals surface area contributed by atoms with Crippen molar-refractivity contribution in [3.05, 3.63) is 24.3 Å². The number of methoxy groups -OCH3 is 1. The van der Waals surface area contributed by atoms with Crippen molar-refractivity contribution in [2.24, 2.45) is 10.9 Å². The molecule has 2 saturated heterocycles. The monoisotopic (exact) mass is 373 g/mol. The Balaban J connectivity index is 1.65. The van der Waals surface area contributed by atoms with E-state index < -0.39 is 23.8 Å². The number of anilines is 1. The van der Waals surface area contributed by atoms with Gasteiger partial charge in [0, 0.05) is 38.9 Å². The van der Waals surface area contributed by atoms with E-state index in [0.717, 1.165) is 37.6 Å². The van der Waals surface area contributed by atoms with Crippen LogP contribution in [0.25, 0.3) is 0 Å². The zero-order valence-electron chi connectivity index (χ0n) is 15.2. The lowest BCUT2D eigenvalue weighted by molar-refractivity contribution is -0.131. The van der Waals surface area contributed by atoms with Crippen LogP contribution in [0.1, 0.15) is 0 Å². The number of nitrogens with one attached hydrogen (secondary N) is 2. The van der Waals surface area contributed by atoms with Gasteiger partial charge in [0.1, 0.15) is 5.75 Å². The SMILES string of the molecule is COc1ccc(N2C(=O)NC(=O)[C@H](C=NCCN3CCNCC3)C2=O)cc1. The maximum atomic E-state index is 12.7.